The number of nitrogens with one attached hydrogen (secondary N) is 2. The van der Waals surface area contributed by atoms with E-state index in [4.69, 9.17) is 0 Å². The predicted octanol–water partition coefficient (Wildman–Crippen LogP) is 2.27. The lowest BCUT2D eigenvalue weighted by atomic mass is 9.85. The first-order valence-corrected chi connectivity index (χ1v) is 9.00. The van der Waals surface area contributed by atoms with Crippen molar-refractivity contribution in [1.29, 1.82) is 0 Å². The van der Waals surface area contributed by atoms with E-state index >= 15 is 0 Å². The molecule has 3 rings (SSSR count). The van der Waals surface area contributed by atoms with Crippen LogP contribution in [0.15, 0.2) is 42.7 Å². The molecule has 134 valence electrons. The standard InChI is InChI=1S/C19H26N4O2/c24-14-16-4-1-2-5-18(16)22-19(25)20-12-10-15-6-8-17(9-7-15)23-13-3-11-21-23/h3,6-9,11,13,16,18,24H,1-2,4-5,10,12,14H2,(H2,20,22,25)/t16-,18+/m1/s1. The maximum Gasteiger partial charge on any atom is 0.315 e. The minimum Gasteiger partial charge on any atom is -0.396 e. The van der Waals surface area contributed by atoms with E-state index in [0.29, 0.717) is 6.54 Å². The van der Waals surface area contributed by atoms with Crippen molar-refractivity contribution in [3.05, 3.63) is 48.3 Å². The molecule has 25 heavy (non-hydrogen) atoms. The summed E-state index contributed by atoms with van der Waals surface area (Å²) in [5, 5.41) is 19.5. The van der Waals surface area contributed by atoms with E-state index in [-0.39, 0.29) is 24.6 Å². The van der Waals surface area contributed by atoms with Gasteiger partial charge in [0.2, 0.25) is 0 Å². The SMILES string of the molecule is O=C(NCCc1ccc(-n2cccn2)cc1)N[C@H]1CCCC[C@@H]1CO. The van der Waals surface area contributed by atoms with Gasteiger partial charge in [-0.05, 0) is 43.0 Å². The average Bonchev–Trinajstić information content (AvgIpc) is 3.17. The Bertz CT molecular complexity index is 655. The highest BCUT2D eigenvalue weighted by atomic mass is 16.3. The summed E-state index contributed by atoms with van der Waals surface area (Å²) in [7, 11) is 0. The zero-order valence-corrected chi connectivity index (χ0v) is 14.4. The first-order chi connectivity index (χ1) is 12.3. The summed E-state index contributed by atoms with van der Waals surface area (Å²) in [6.07, 6.45) is 8.64. The second kappa shape index (κ2) is 8.67. The molecule has 1 saturated carbocycles. The summed E-state index contributed by atoms with van der Waals surface area (Å²) in [5.41, 5.74) is 2.19. The van der Waals surface area contributed by atoms with Crippen LogP contribution in [0.4, 0.5) is 4.79 Å². The Kier molecular flexibility index (Phi) is 6.06. The van der Waals surface area contributed by atoms with Gasteiger partial charge in [-0.3, -0.25) is 0 Å². The van der Waals surface area contributed by atoms with Gasteiger partial charge in [0.1, 0.15) is 0 Å². The normalized spacial score (nSPS) is 20.2. The number of amides is 2. The number of rotatable bonds is 6. The van der Waals surface area contributed by atoms with Gasteiger partial charge in [-0.25, -0.2) is 9.48 Å². The molecule has 1 aliphatic rings. The zero-order valence-electron chi connectivity index (χ0n) is 14.4. The molecule has 1 fully saturated rings. The lowest BCUT2D eigenvalue weighted by Gasteiger charge is -2.30. The number of aliphatic hydroxyl groups excluding tert-OH is 1. The minimum atomic E-state index is -0.140. The fourth-order valence-corrected chi connectivity index (χ4v) is 3.39. The van der Waals surface area contributed by atoms with Gasteiger partial charge in [-0.2, -0.15) is 5.10 Å². The molecule has 0 spiro atoms. The van der Waals surface area contributed by atoms with Crippen molar-refractivity contribution in [2.24, 2.45) is 5.92 Å². The van der Waals surface area contributed by atoms with Crippen LogP contribution in [0.25, 0.3) is 5.69 Å². The Morgan fingerprint density at radius 2 is 2.04 bits per heavy atom. The Morgan fingerprint density at radius 3 is 2.76 bits per heavy atom. The molecule has 0 bridgehead atoms. The van der Waals surface area contributed by atoms with Gasteiger partial charge in [-0.1, -0.05) is 25.0 Å². The van der Waals surface area contributed by atoms with E-state index in [2.05, 4.69) is 27.9 Å². The van der Waals surface area contributed by atoms with Gasteiger partial charge in [0, 0.05) is 37.5 Å². The van der Waals surface area contributed by atoms with Gasteiger partial charge in [-0.15, -0.1) is 0 Å². The van der Waals surface area contributed by atoms with Crippen molar-refractivity contribution in [3.63, 3.8) is 0 Å². The molecule has 2 amide bonds. The maximum atomic E-state index is 12.1. The van der Waals surface area contributed by atoms with Gasteiger partial charge in [0.05, 0.1) is 5.69 Å². The summed E-state index contributed by atoms with van der Waals surface area (Å²) >= 11 is 0. The Balaban J connectivity index is 1.42. The molecule has 3 N–H and O–H groups in total. The fourth-order valence-electron chi connectivity index (χ4n) is 3.39. The number of nitrogens with zero attached hydrogens (tertiary/aromatic N) is 2. The third kappa shape index (κ3) is 4.82. The van der Waals surface area contributed by atoms with Crippen LogP contribution in [0.2, 0.25) is 0 Å². The van der Waals surface area contributed by atoms with Gasteiger partial charge < -0.3 is 15.7 Å². The third-order valence-electron chi connectivity index (χ3n) is 4.86. The molecule has 1 aromatic carbocycles. The highest BCUT2D eigenvalue weighted by Crippen LogP contribution is 2.23. The largest absolute Gasteiger partial charge is 0.396 e. The number of hydrogen-bond acceptors (Lipinski definition) is 3. The summed E-state index contributed by atoms with van der Waals surface area (Å²) in [6, 6.07) is 10.0. The molecular weight excluding hydrogens is 316 g/mol. The smallest absolute Gasteiger partial charge is 0.315 e. The zero-order chi connectivity index (χ0) is 17.5. The fraction of sp³-hybridized carbons (Fsp3) is 0.474. The highest BCUT2D eigenvalue weighted by molar-refractivity contribution is 5.74. The molecule has 6 nitrogen and oxygen atoms in total. The number of carbonyl (C=O) groups is 1. The van der Waals surface area contributed by atoms with E-state index in [9.17, 15) is 9.90 Å². The Labute approximate surface area is 148 Å². The van der Waals surface area contributed by atoms with Crippen LogP contribution in [0.5, 0.6) is 0 Å². The van der Waals surface area contributed by atoms with Gasteiger partial charge >= 0.3 is 6.03 Å². The van der Waals surface area contributed by atoms with Crippen molar-refractivity contribution < 1.29 is 9.90 Å². The second-order valence-electron chi connectivity index (χ2n) is 6.60. The van der Waals surface area contributed by atoms with Crippen LogP contribution in [0.1, 0.15) is 31.2 Å². The van der Waals surface area contributed by atoms with E-state index in [1.165, 1.54) is 5.56 Å². The second-order valence-corrected chi connectivity index (χ2v) is 6.60. The topological polar surface area (TPSA) is 79.2 Å². The Morgan fingerprint density at radius 1 is 1.24 bits per heavy atom. The summed E-state index contributed by atoms with van der Waals surface area (Å²) in [6.45, 7) is 0.733. The molecule has 1 aromatic heterocycles. The van der Waals surface area contributed by atoms with Crippen LogP contribution in [0, 0.1) is 5.92 Å². The quantitative estimate of drug-likeness (QED) is 0.753. The van der Waals surface area contributed by atoms with Crippen LogP contribution in [0.3, 0.4) is 0 Å². The van der Waals surface area contributed by atoms with Crippen molar-refractivity contribution in [3.8, 4) is 5.69 Å². The first kappa shape index (κ1) is 17.5. The maximum absolute atomic E-state index is 12.1. The van der Waals surface area contributed by atoms with E-state index in [0.717, 1.165) is 37.8 Å². The number of urea groups is 1. The molecule has 2 atom stereocenters. The third-order valence-corrected chi connectivity index (χ3v) is 4.86. The lowest BCUT2D eigenvalue weighted by molar-refractivity contribution is 0.154. The van der Waals surface area contributed by atoms with Gasteiger partial charge in [0.15, 0.2) is 0 Å². The van der Waals surface area contributed by atoms with Crippen molar-refractivity contribution in [2.75, 3.05) is 13.2 Å². The molecule has 2 aromatic rings. The van der Waals surface area contributed by atoms with Crippen LogP contribution in [-0.2, 0) is 6.42 Å². The van der Waals surface area contributed by atoms with Crippen molar-refractivity contribution in [1.82, 2.24) is 20.4 Å². The molecule has 6 heteroatoms. The van der Waals surface area contributed by atoms with E-state index in [1.807, 2.05) is 29.1 Å². The highest BCUT2D eigenvalue weighted by Gasteiger charge is 2.25. The van der Waals surface area contributed by atoms with Gasteiger partial charge in [0.25, 0.3) is 0 Å². The van der Waals surface area contributed by atoms with E-state index < -0.39 is 0 Å². The molecule has 1 aliphatic carbocycles. The number of hydrogen-bond donors (Lipinski definition) is 3. The monoisotopic (exact) mass is 342 g/mol. The molecule has 0 unspecified atom stereocenters. The summed E-state index contributed by atoms with van der Waals surface area (Å²) in [4.78, 5) is 12.1. The predicted molar refractivity (Wildman–Crippen MR) is 96.6 cm³/mol. The Hall–Kier alpha value is -2.34. The number of aromatic nitrogens is 2. The summed E-state index contributed by atoms with van der Waals surface area (Å²) in [5.74, 6) is 0.189. The average molecular weight is 342 g/mol. The van der Waals surface area contributed by atoms with Crippen molar-refractivity contribution in [2.45, 2.75) is 38.1 Å². The lowest BCUT2D eigenvalue weighted by Crippen LogP contribution is -2.48. The first-order valence-electron chi connectivity index (χ1n) is 9.00. The number of aliphatic hydroxyl groups is 1. The van der Waals surface area contributed by atoms with Crippen LogP contribution in [-0.4, -0.2) is 40.1 Å². The molecule has 0 aliphatic heterocycles. The minimum absolute atomic E-state index is 0.0899. The molecule has 1 heterocycles. The van der Waals surface area contributed by atoms with E-state index in [1.54, 1.807) is 6.20 Å². The number of benzene rings is 1. The molecule has 0 radical (unpaired) electrons. The summed E-state index contributed by atoms with van der Waals surface area (Å²) < 4.78 is 1.82. The number of carbonyl (C=O) groups excluding carboxylic acids is 1. The van der Waals surface area contributed by atoms with Crippen LogP contribution >= 0.6 is 0 Å². The molecule has 0 saturated heterocycles. The van der Waals surface area contributed by atoms with Crippen LogP contribution < -0.4 is 10.6 Å². The van der Waals surface area contributed by atoms with Crippen molar-refractivity contribution >= 4 is 6.03 Å². The molecular formula is C19H26N4O2.